The van der Waals surface area contributed by atoms with Crippen LogP contribution in [0.15, 0.2) is 29.2 Å². The van der Waals surface area contributed by atoms with Crippen molar-refractivity contribution in [2.45, 2.75) is 62.8 Å². The minimum absolute atomic E-state index is 0.226. The summed E-state index contributed by atoms with van der Waals surface area (Å²) in [5, 5.41) is 3.60. The van der Waals surface area contributed by atoms with Gasteiger partial charge in [-0.15, -0.1) is 11.8 Å². The summed E-state index contributed by atoms with van der Waals surface area (Å²) in [6.45, 7) is 10.2. The number of amides is 1. The van der Waals surface area contributed by atoms with Gasteiger partial charge in [0.2, 0.25) is 5.91 Å². The lowest BCUT2D eigenvalue weighted by Gasteiger charge is -2.32. The smallest absolute Gasteiger partial charge is 0.237 e. The fourth-order valence-corrected chi connectivity index (χ4v) is 3.70. The van der Waals surface area contributed by atoms with E-state index in [2.05, 4.69) is 43.4 Å². The van der Waals surface area contributed by atoms with Crippen LogP contribution in [0.25, 0.3) is 0 Å². The Labute approximate surface area is 126 Å². The molecule has 20 heavy (non-hydrogen) atoms. The van der Waals surface area contributed by atoms with Crippen molar-refractivity contribution in [2.24, 2.45) is 5.73 Å². The number of primary amides is 1. The van der Waals surface area contributed by atoms with Crippen LogP contribution in [0, 0.1) is 6.92 Å². The standard InChI is InChI=1S/C16H26N2OS/c1-11(2)18-16(5,15(17)19)10-13(4)20-14-8-6-7-12(3)9-14/h6-9,11,13,18H,10H2,1-5H3,(H2,17,19). The van der Waals surface area contributed by atoms with Crippen molar-refractivity contribution in [1.29, 1.82) is 0 Å². The third-order valence-electron chi connectivity index (χ3n) is 3.17. The first-order valence-corrected chi connectivity index (χ1v) is 7.92. The Bertz CT molecular complexity index is 462. The fraction of sp³-hybridized carbons (Fsp3) is 0.562. The Morgan fingerprint density at radius 1 is 1.40 bits per heavy atom. The van der Waals surface area contributed by atoms with Gasteiger partial charge >= 0.3 is 0 Å². The van der Waals surface area contributed by atoms with Crippen molar-refractivity contribution in [3.8, 4) is 0 Å². The van der Waals surface area contributed by atoms with E-state index in [4.69, 9.17) is 5.73 Å². The van der Waals surface area contributed by atoms with Crippen molar-refractivity contribution in [3.63, 3.8) is 0 Å². The summed E-state index contributed by atoms with van der Waals surface area (Å²) in [5.74, 6) is -0.289. The number of thioether (sulfide) groups is 1. The molecule has 4 heteroatoms. The maximum Gasteiger partial charge on any atom is 0.237 e. The molecule has 0 fully saturated rings. The third kappa shape index (κ3) is 5.17. The minimum Gasteiger partial charge on any atom is -0.368 e. The lowest BCUT2D eigenvalue weighted by molar-refractivity contribution is -0.124. The van der Waals surface area contributed by atoms with Gasteiger partial charge in [-0.2, -0.15) is 0 Å². The minimum atomic E-state index is -0.662. The Balaban J connectivity index is 2.71. The van der Waals surface area contributed by atoms with Crippen LogP contribution < -0.4 is 11.1 Å². The monoisotopic (exact) mass is 294 g/mol. The number of carbonyl (C=O) groups excluding carboxylic acids is 1. The molecule has 0 aliphatic carbocycles. The topological polar surface area (TPSA) is 55.1 Å². The molecule has 3 N–H and O–H groups in total. The quantitative estimate of drug-likeness (QED) is 0.760. The molecule has 0 saturated heterocycles. The average Bonchev–Trinajstić information content (AvgIpc) is 2.26. The highest BCUT2D eigenvalue weighted by atomic mass is 32.2. The van der Waals surface area contributed by atoms with E-state index in [-0.39, 0.29) is 11.9 Å². The summed E-state index contributed by atoms with van der Waals surface area (Å²) in [6.07, 6.45) is 0.707. The summed E-state index contributed by atoms with van der Waals surface area (Å²) in [4.78, 5) is 13.0. The number of hydrogen-bond donors (Lipinski definition) is 2. The molecule has 1 aromatic carbocycles. The molecule has 1 rings (SSSR count). The molecule has 0 bridgehead atoms. The molecule has 0 aliphatic heterocycles. The van der Waals surface area contributed by atoms with Crippen LogP contribution in [-0.4, -0.2) is 22.7 Å². The molecular formula is C16H26N2OS. The van der Waals surface area contributed by atoms with Crippen LogP contribution >= 0.6 is 11.8 Å². The molecule has 2 atom stereocenters. The lowest BCUT2D eigenvalue weighted by Crippen LogP contribution is -2.56. The Morgan fingerprint density at radius 2 is 2.05 bits per heavy atom. The van der Waals surface area contributed by atoms with E-state index < -0.39 is 5.54 Å². The van der Waals surface area contributed by atoms with E-state index in [9.17, 15) is 4.79 Å². The van der Waals surface area contributed by atoms with Gasteiger partial charge in [0.1, 0.15) is 0 Å². The second-order valence-electron chi connectivity index (χ2n) is 5.94. The van der Waals surface area contributed by atoms with Gasteiger partial charge in [0.05, 0.1) is 5.54 Å². The zero-order valence-corrected chi connectivity index (χ0v) is 13.9. The van der Waals surface area contributed by atoms with Crippen molar-refractivity contribution < 1.29 is 4.79 Å². The fourth-order valence-electron chi connectivity index (χ4n) is 2.41. The average molecular weight is 294 g/mol. The van der Waals surface area contributed by atoms with E-state index in [0.717, 1.165) is 0 Å². The Kier molecular flexibility index (Phi) is 6.08. The maximum absolute atomic E-state index is 11.7. The molecular weight excluding hydrogens is 268 g/mol. The second-order valence-corrected chi connectivity index (χ2v) is 7.46. The highest BCUT2D eigenvalue weighted by Crippen LogP contribution is 2.29. The summed E-state index contributed by atoms with van der Waals surface area (Å²) in [5.41, 5.74) is 6.16. The van der Waals surface area contributed by atoms with Crippen molar-refractivity contribution in [1.82, 2.24) is 5.32 Å². The summed E-state index contributed by atoms with van der Waals surface area (Å²) in [7, 11) is 0. The van der Waals surface area contributed by atoms with Gasteiger partial charge < -0.3 is 11.1 Å². The van der Waals surface area contributed by atoms with Crippen molar-refractivity contribution in [2.75, 3.05) is 0 Å². The SMILES string of the molecule is Cc1cccc(SC(C)CC(C)(NC(C)C)C(N)=O)c1. The van der Waals surface area contributed by atoms with Crippen LogP contribution in [0.3, 0.4) is 0 Å². The zero-order chi connectivity index (χ0) is 15.3. The molecule has 0 aliphatic rings. The molecule has 1 aromatic rings. The molecule has 1 amide bonds. The first-order chi connectivity index (χ1) is 9.23. The van der Waals surface area contributed by atoms with Gasteiger partial charge in [0.25, 0.3) is 0 Å². The van der Waals surface area contributed by atoms with Gasteiger partial charge in [-0.3, -0.25) is 4.79 Å². The highest BCUT2D eigenvalue weighted by molar-refractivity contribution is 7.99. The van der Waals surface area contributed by atoms with E-state index >= 15 is 0 Å². The van der Waals surface area contributed by atoms with Gasteiger partial charge in [0.15, 0.2) is 0 Å². The van der Waals surface area contributed by atoms with E-state index in [1.54, 1.807) is 11.8 Å². The Morgan fingerprint density at radius 3 is 2.55 bits per heavy atom. The van der Waals surface area contributed by atoms with Gasteiger partial charge in [0, 0.05) is 16.2 Å². The summed E-state index contributed by atoms with van der Waals surface area (Å²) < 4.78 is 0. The molecule has 0 aromatic heterocycles. The van der Waals surface area contributed by atoms with Crippen LogP contribution in [0.2, 0.25) is 0 Å². The van der Waals surface area contributed by atoms with E-state index in [1.165, 1.54) is 10.5 Å². The third-order valence-corrected chi connectivity index (χ3v) is 4.27. The number of nitrogens with one attached hydrogen (secondary N) is 1. The largest absolute Gasteiger partial charge is 0.368 e. The molecule has 0 heterocycles. The number of carbonyl (C=O) groups is 1. The molecule has 112 valence electrons. The predicted molar refractivity (Wildman–Crippen MR) is 87.0 cm³/mol. The molecule has 3 nitrogen and oxygen atoms in total. The highest BCUT2D eigenvalue weighted by Gasteiger charge is 2.33. The number of aryl methyl sites for hydroxylation is 1. The van der Waals surface area contributed by atoms with E-state index in [0.29, 0.717) is 11.7 Å². The van der Waals surface area contributed by atoms with Crippen LogP contribution in [0.4, 0.5) is 0 Å². The zero-order valence-electron chi connectivity index (χ0n) is 13.1. The molecule has 0 radical (unpaired) electrons. The van der Waals surface area contributed by atoms with Crippen LogP contribution in [0.5, 0.6) is 0 Å². The maximum atomic E-state index is 11.7. The van der Waals surface area contributed by atoms with E-state index in [1.807, 2.05) is 20.8 Å². The number of benzene rings is 1. The first kappa shape index (κ1) is 17.1. The normalized spacial score (nSPS) is 15.9. The van der Waals surface area contributed by atoms with Gasteiger partial charge in [-0.25, -0.2) is 0 Å². The molecule has 2 unspecified atom stereocenters. The summed E-state index contributed by atoms with van der Waals surface area (Å²) >= 11 is 1.78. The van der Waals surface area contributed by atoms with Gasteiger partial charge in [-0.05, 0) is 46.2 Å². The molecule has 0 spiro atoms. The van der Waals surface area contributed by atoms with Crippen molar-refractivity contribution in [3.05, 3.63) is 29.8 Å². The number of nitrogens with two attached hydrogens (primary N) is 1. The van der Waals surface area contributed by atoms with Gasteiger partial charge in [-0.1, -0.05) is 24.6 Å². The molecule has 0 saturated carbocycles. The first-order valence-electron chi connectivity index (χ1n) is 7.04. The number of hydrogen-bond acceptors (Lipinski definition) is 3. The second kappa shape index (κ2) is 7.14. The van der Waals surface area contributed by atoms with Crippen molar-refractivity contribution >= 4 is 17.7 Å². The Hall–Kier alpha value is -1.00. The van der Waals surface area contributed by atoms with Crippen LogP contribution in [0.1, 0.15) is 39.7 Å². The predicted octanol–water partition coefficient (Wildman–Crippen LogP) is 3.11. The summed E-state index contributed by atoms with van der Waals surface area (Å²) in [6, 6.07) is 8.64. The lowest BCUT2D eigenvalue weighted by atomic mass is 9.94. The van der Waals surface area contributed by atoms with Crippen LogP contribution in [-0.2, 0) is 4.79 Å². The number of rotatable bonds is 7.